The van der Waals surface area contributed by atoms with Crippen LogP contribution >= 0.6 is 0 Å². The monoisotopic (exact) mass is 479 g/mol. The summed E-state index contributed by atoms with van der Waals surface area (Å²) in [5, 5.41) is 17.3. The Labute approximate surface area is 202 Å². The summed E-state index contributed by atoms with van der Waals surface area (Å²) in [6.07, 6.45) is 2.26. The van der Waals surface area contributed by atoms with Crippen LogP contribution in [0.1, 0.15) is 18.1 Å². The highest BCUT2D eigenvalue weighted by molar-refractivity contribution is 5.93. The molecule has 10 nitrogen and oxygen atoms in total. The van der Waals surface area contributed by atoms with Crippen LogP contribution in [0.15, 0.2) is 60.8 Å². The molecule has 7 N–H and O–H groups in total. The van der Waals surface area contributed by atoms with Crippen molar-refractivity contribution in [2.75, 3.05) is 6.54 Å². The molecule has 3 amide bonds. The van der Waals surface area contributed by atoms with Crippen LogP contribution in [0.25, 0.3) is 10.9 Å². The first-order chi connectivity index (χ1) is 16.7. The summed E-state index contributed by atoms with van der Waals surface area (Å²) >= 11 is 0. The summed E-state index contributed by atoms with van der Waals surface area (Å²) in [5.41, 5.74) is 8.80. The van der Waals surface area contributed by atoms with Gasteiger partial charge in [-0.05, 0) is 30.5 Å². The van der Waals surface area contributed by atoms with Crippen molar-refractivity contribution in [1.29, 1.82) is 0 Å². The molecule has 10 heteroatoms. The fourth-order valence-corrected chi connectivity index (χ4v) is 3.61. The molecule has 0 spiro atoms. The van der Waals surface area contributed by atoms with E-state index in [9.17, 15) is 19.2 Å². The number of carbonyl (C=O) groups excluding carboxylic acids is 3. The largest absolute Gasteiger partial charge is 0.480 e. The standard InChI is InChI=1S/C25H29N5O5/c1-15(25(34)35)29-22(31)14-28-24(33)21(11-16-7-3-2-4-8-16)30-23(32)19(26)12-17-13-27-20-10-6-5-9-18(17)20/h2-10,13,15,19,21,27H,11-12,14,26H2,1H3,(H,28,33)(H,29,31)(H,30,32)(H,34,35). The molecule has 3 unspecified atom stereocenters. The van der Waals surface area contributed by atoms with Crippen LogP contribution in [-0.2, 0) is 32.0 Å². The van der Waals surface area contributed by atoms with Gasteiger partial charge in [-0.15, -0.1) is 0 Å². The summed E-state index contributed by atoms with van der Waals surface area (Å²) in [6, 6.07) is 13.8. The Morgan fingerprint density at radius 3 is 2.34 bits per heavy atom. The number of aromatic amines is 1. The van der Waals surface area contributed by atoms with Crippen molar-refractivity contribution in [2.24, 2.45) is 5.73 Å². The molecule has 2 aromatic carbocycles. The minimum absolute atomic E-state index is 0.186. The number of H-pyrrole nitrogens is 1. The molecule has 0 aliphatic carbocycles. The first-order valence-corrected chi connectivity index (χ1v) is 11.2. The Hall–Kier alpha value is -4.18. The molecule has 3 rings (SSSR count). The van der Waals surface area contributed by atoms with Crippen LogP contribution in [0.5, 0.6) is 0 Å². The Balaban J connectivity index is 1.65. The van der Waals surface area contributed by atoms with E-state index in [2.05, 4.69) is 20.9 Å². The number of hydrogen-bond donors (Lipinski definition) is 6. The maximum absolute atomic E-state index is 12.9. The van der Waals surface area contributed by atoms with E-state index >= 15 is 0 Å². The van der Waals surface area contributed by atoms with Gasteiger partial charge in [0.1, 0.15) is 12.1 Å². The van der Waals surface area contributed by atoms with Crippen molar-refractivity contribution in [2.45, 2.75) is 37.9 Å². The van der Waals surface area contributed by atoms with E-state index in [1.165, 1.54) is 6.92 Å². The average molecular weight is 480 g/mol. The zero-order chi connectivity index (χ0) is 25.4. The molecule has 0 aliphatic heterocycles. The Bertz CT molecular complexity index is 1190. The fraction of sp³-hybridized carbons (Fsp3) is 0.280. The maximum atomic E-state index is 12.9. The number of carboxylic acid groups (broad SMARTS) is 1. The normalized spacial score (nSPS) is 13.4. The molecular formula is C25H29N5O5. The maximum Gasteiger partial charge on any atom is 0.325 e. The van der Waals surface area contributed by atoms with Gasteiger partial charge >= 0.3 is 5.97 Å². The number of carbonyl (C=O) groups is 4. The lowest BCUT2D eigenvalue weighted by molar-refractivity contribution is -0.141. The van der Waals surface area contributed by atoms with Gasteiger partial charge in [0.2, 0.25) is 17.7 Å². The summed E-state index contributed by atoms with van der Waals surface area (Å²) in [6.45, 7) is 0.884. The second-order valence-electron chi connectivity index (χ2n) is 8.27. The lowest BCUT2D eigenvalue weighted by Crippen LogP contribution is -2.54. The van der Waals surface area contributed by atoms with Gasteiger partial charge < -0.3 is 31.8 Å². The van der Waals surface area contributed by atoms with Gasteiger partial charge in [-0.1, -0.05) is 48.5 Å². The van der Waals surface area contributed by atoms with Crippen LogP contribution in [0, 0.1) is 0 Å². The molecule has 0 radical (unpaired) electrons. The number of aliphatic carboxylic acids is 1. The van der Waals surface area contributed by atoms with Gasteiger partial charge in [0.25, 0.3) is 0 Å². The number of hydrogen-bond acceptors (Lipinski definition) is 5. The minimum Gasteiger partial charge on any atom is -0.480 e. The van der Waals surface area contributed by atoms with Gasteiger partial charge in [0.15, 0.2) is 0 Å². The molecule has 3 aromatic rings. The van der Waals surface area contributed by atoms with E-state index in [-0.39, 0.29) is 12.8 Å². The third-order valence-electron chi connectivity index (χ3n) is 5.54. The van der Waals surface area contributed by atoms with Gasteiger partial charge in [-0.3, -0.25) is 19.2 Å². The lowest BCUT2D eigenvalue weighted by atomic mass is 10.0. The Kier molecular flexibility index (Phi) is 8.58. The van der Waals surface area contributed by atoms with E-state index in [0.717, 1.165) is 22.0 Å². The number of rotatable bonds is 11. The number of nitrogens with two attached hydrogens (primary N) is 1. The number of para-hydroxylation sites is 1. The van der Waals surface area contributed by atoms with E-state index in [4.69, 9.17) is 10.8 Å². The highest BCUT2D eigenvalue weighted by Crippen LogP contribution is 2.18. The van der Waals surface area contributed by atoms with E-state index in [0.29, 0.717) is 0 Å². The zero-order valence-electron chi connectivity index (χ0n) is 19.3. The molecule has 1 aromatic heterocycles. The second kappa shape index (κ2) is 11.8. The third-order valence-corrected chi connectivity index (χ3v) is 5.54. The average Bonchev–Trinajstić information content (AvgIpc) is 3.25. The third kappa shape index (κ3) is 7.15. The smallest absolute Gasteiger partial charge is 0.325 e. The first kappa shape index (κ1) is 25.4. The van der Waals surface area contributed by atoms with Gasteiger partial charge in [0.05, 0.1) is 12.6 Å². The quantitative estimate of drug-likeness (QED) is 0.234. The van der Waals surface area contributed by atoms with Gasteiger partial charge in [-0.25, -0.2) is 0 Å². The highest BCUT2D eigenvalue weighted by atomic mass is 16.4. The van der Waals surface area contributed by atoms with E-state index in [1.807, 2.05) is 60.8 Å². The van der Waals surface area contributed by atoms with E-state index < -0.39 is 48.4 Å². The highest BCUT2D eigenvalue weighted by Gasteiger charge is 2.25. The summed E-state index contributed by atoms with van der Waals surface area (Å²) < 4.78 is 0. The molecule has 0 bridgehead atoms. The van der Waals surface area contributed by atoms with Crippen molar-refractivity contribution in [3.05, 3.63) is 71.9 Å². The summed E-state index contributed by atoms with van der Waals surface area (Å²) in [4.78, 5) is 51.7. The SMILES string of the molecule is CC(NC(=O)CNC(=O)C(Cc1ccccc1)NC(=O)C(N)Cc1c[nH]c2ccccc12)C(=O)O. The molecule has 35 heavy (non-hydrogen) atoms. The van der Waals surface area contributed by atoms with E-state index in [1.54, 1.807) is 0 Å². The van der Waals surface area contributed by atoms with Crippen LogP contribution in [0.4, 0.5) is 0 Å². The second-order valence-corrected chi connectivity index (χ2v) is 8.27. The fourth-order valence-electron chi connectivity index (χ4n) is 3.61. The number of benzene rings is 2. The number of amides is 3. The number of fused-ring (bicyclic) bond motifs is 1. The van der Waals surface area contributed by atoms with Gasteiger partial charge in [-0.2, -0.15) is 0 Å². The molecule has 0 fully saturated rings. The number of nitrogens with one attached hydrogen (secondary N) is 4. The van der Waals surface area contributed by atoms with Crippen molar-refractivity contribution in [1.82, 2.24) is 20.9 Å². The molecule has 184 valence electrons. The predicted molar refractivity (Wildman–Crippen MR) is 130 cm³/mol. The molecule has 0 saturated carbocycles. The molecule has 0 aliphatic rings. The molecular weight excluding hydrogens is 450 g/mol. The molecule has 0 saturated heterocycles. The summed E-state index contributed by atoms with van der Waals surface area (Å²) in [7, 11) is 0. The summed E-state index contributed by atoms with van der Waals surface area (Å²) in [5.74, 6) is -2.94. The van der Waals surface area contributed by atoms with Crippen molar-refractivity contribution in [3.8, 4) is 0 Å². The van der Waals surface area contributed by atoms with Gasteiger partial charge in [0, 0.05) is 23.5 Å². The predicted octanol–water partition coefficient (Wildman–Crippen LogP) is 0.471. The van der Waals surface area contributed by atoms with Crippen molar-refractivity contribution < 1.29 is 24.3 Å². The van der Waals surface area contributed by atoms with Crippen molar-refractivity contribution in [3.63, 3.8) is 0 Å². The lowest BCUT2D eigenvalue weighted by Gasteiger charge is -2.21. The molecule has 1 heterocycles. The zero-order valence-corrected chi connectivity index (χ0v) is 19.3. The van der Waals surface area contributed by atoms with Crippen molar-refractivity contribution >= 4 is 34.6 Å². The molecule has 3 atom stereocenters. The Morgan fingerprint density at radius 2 is 1.63 bits per heavy atom. The topological polar surface area (TPSA) is 166 Å². The Morgan fingerprint density at radius 1 is 0.943 bits per heavy atom. The van der Waals surface area contributed by atoms with Crippen LogP contribution in [0.2, 0.25) is 0 Å². The van der Waals surface area contributed by atoms with Crippen LogP contribution in [0.3, 0.4) is 0 Å². The van der Waals surface area contributed by atoms with Crippen LogP contribution in [-0.4, -0.2) is 58.5 Å². The number of aromatic nitrogens is 1. The van der Waals surface area contributed by atoms with Crippen LogP contribution < -0.4 is 21.7 Å². The first-order valence-electron chi connectivity index (χ1n) is 11.2. The minimum atomic E-state index is -1.19. The number of carboxylic acids is 1.